The largest absolute Gasteiger partial charge is 0.369 e. The highest BCUT2D eigenvalue weighted by Crippen LogP contribution is 2.22. The Bertz CT molecular complexity index is 334. The van der Waals surface area contributed by atoms with Crippen LogP contribution < -0.4 is 10.6 Å². The molecule has 3 nitrogen and oxygen atoms in total. The van der Waals surface area contributed by atoms with Crippen molar-refractivity contribution >= 4 is 5.69 Å². The standard InChI is InChI=1S/C13H23N3/c1-5-6-16(10(2)3)13-7-11(4)15-9-12(13)8-14/h7,9-10H,5-6,8,14H2,1-4H3. The molecule has 3 heteroatoms. The molecule has 0 radical (unpaired) electrons. The molecule has 1 aromatic rings. The Morgan fingerprint density at radius 2 is 2.12 bits per heavy atom. The SMILES string of the molecule is CCCN(c1cc(C)ncc1CN)C(C)C. The van der Waals surface area contributed by atoms with Crippen LogP contribution in [0, 0.1) is 6.92 Å². The van der Waals surface area contributed by atoms with E-state index in [1.54, 1.807) is 0 Å². The van der Waals surface area contributed by atoms with E-state index in [2.05, 4.69) is 36.7 Å². The van der Waals surface area contributed by atoms with E-state index < -0.39 is 0 Å². The van der Waals surface area contributed by atoms with Gasteiger partial charge in [-0.25, -0.2) is 0 Å². The van der Waals surface area contributed by atoms with Gasteiger partial charge in [0.2, 0.25) is 0 Å². The van der Waals surface area contributed by atoms with Crippen molar-refractivity contribution in [1.82, 2.24) is 4.98 Å². The van der Waals surface area contributed by atoms with Gasteiger partial charge in [0, 0.05) is 42.3 Å². The monoisotopic (exact) mass is 221 g/mol. The maximum atomic E-state index is 5.77. The molecule has 0 aliphatic carbocycles. The van der Waals surface area contributed by atoms with Gasteiger partial charge in [0.15, 0.2) is 0 Å². The molecule has 0 fully saturated rings. The molecule has 1 aromatic heterocycles. The lowest BCUT2D eigenvalue weighted by Gasteiger charge is -2.30. The van der Waals surface area contributed by atoms with Crippen LogP contribution in [0.2, 0.25) is 0 Å². The number of aryl methyl sites for hydroxylation is 1. The number of rotatable bonds is 5. The Kier molecular flexibility index (Phi) is 4.74. The Morgan fingerprint density at radius 1 is 1.44 bits per heavy atom. The molecule has 16 heavy (non-hydrogen) atoms. The summed E-state index contributed by atoms with van der Waals surface area (Å²) in [5, 5.41) is 0. The average Bonchev–Trinajstić information content (AvgIpc) is 2.25. The summed E-state index contributed by atoms with van der Waals surface area (Å²) in [4.78, 5) is 6.71. The van der Waals surface area contributed by atoms with Crippen molar-refractivity contribution in [3.63, 3.8) is 0 Å². The second-order valence-corrected chi connectivity index (χ2v) is 4.45. The molecule has 0 unspecified atom stereocenters. The maximum absolute atomic E-state index is 5.77. The summed E-state index contributed by atoms with van der Waals surface area (Å²) in [6.45, 7) is 10.3. The van der Waals surface area contributed by atoms with Crippen molar-refractivity contribution in [3.8, 4) is 0 Å². The van der Waals surface area contributed by atoms with Gasteiger partial charge in [-0.2, -0.15) is 0 Å². The molecule has 2 N–H and O–H groups in total. The molecule has 0 aromatic carbocycles. The van der Waals surface area contributed by atoms with E-state index in [-0.39, 0.29) is 0 Å². The Hall–Kier alpha value is -1.09. The van der Waals surface area contributed by atoms with Gasteiger partial charge in [-0.05, 0) is 33.3 Å². The van der Waals surface area contributed by atoms with Gasteiger partial charge in [-0.15, -0.1) is 0 Å². The second kappa shape index (κ2) is 5.85. The molecular formula is C13H23N3. The molecule has 0 spiro atoms. The van der Waals surface area contributed by atoms with Gasteiger partial charge in [0.05, 0.1) is 0 Å². The number of nitrogens with two attached hydrogens (primary N) is 1. The summed E-state index contributed by atoms with van der Waals surface area (Å²) in [7, 11) is 0. The fraction of sp³-hybridized carbons (Fsp3) is 0.615. The molecule has 0 saturated carbocycles. The van der Waals surface area contributed by atoms with Gasteiger partial charge >= 0.3 is 0 Å². The predicted octanol–water partition coefficient (Wildman–Crippen LogP) is 2.47. The molecule has 0 bridgehead atoms. The van der Waals surface area contributed by atoms with Gasteiger partial charge < -0.3 is 10.6 Å². The Balaban J connectivity index is 3.10. The fourth-order valence-corrected chi connectivity index (χ4v) is 1.90. The van der Waals surface area contributed by atoms with E-state index in [0.717, 1.165) is 24.2 Å². The van der Waals surface area contributed by atoms with Crippen LogP contribution in [0.1, 0.15) is 38.4 Å². The smallest absolute Gasteiger partial charge is 0.0447 e. The summed E-state index contributed by atoms with van der Waals surface area (Å²) in [5.74, 6) is 0. The van der Waals surface area contributed by atoms with E-state index in [1.807, 2.05) is 13.1 Å². The third kappa shape index (κ3) is 2.95. The highest BCUT2D eigenvalue weighted by Gasteiger charge is 2.13. The summed E-state index contributed by atoms with van der Waals surface area (Å²) >= 11 is 0. The first-order chi connectivity index (χ1) is 7.60. The van der Waals surface area contributed by atoms with Crippen LogP contribution in [-0.2, 0) is 6.54 Å². The zero-order valence-corrected chi connectivity index (χ0v) is 10.8. The quantitative estimate of drug-likeness (QED) is 0.830. The summed E-state index contributed by atoms with van der Waals surface area (Å²) in [6, 6.07) is 2.63. The zero-order chi connectivity index (χ0) is 12.1. The lowest BCUT2D eigenvalue weighted by molar-refractivity contribution is 0.666. The Labute approximate surface area is 98.7 Å². The molecule has 0 aliphatic rings. The number of hydrogen-bond acceptors (Lipinski definition) is 3. The lowest BCUT2D eigenvalue weighted by atomic mass is 10.1. The van der Waals surface area contributed by atoms with E-state index in [0.29, 0.717) is 12.6 Å². The molecule has 90 valence electrons. The zero-order valence-electron chi connectivity index (χ0n) is 10.8. The van der Waals surface area contributed by atoms with E-state index in [1.165, 1.54) is 5.69 Å². The van der Waals surface area contributed by atoms with Crippen molar-refractivity contribution < 1.29 is 0 Å². The topological polar surface area (TPSA) is 42.2 Å². The third-order valence-corrected chi connectivity index (χ3v) is 2.72. The summed E-state index contributed by atoms with van der Waals surface area (Å²) in [6.07, 6.45) is 3.04. The van der Waals surface area contributed by atoms with Crippen LogP contribution in [0.3, 0.4) is 0 Å². The Morgan fingerprint density at radius 3 is 2.62 bits per heavy atom. The third-order valence-electron chi connectivity index (χ3n) is 2.72. The van der Waals surface area contributed by atoms with Crippen molar-refractivity contribution in [3.05, 3.63) is 23.5 Å². The minimum Gasteiger partial charge on any atom is -0.369 e. The molecule has 0 atom stereocenters. The van der Waals surface area contributed by atoms with E-state index >= 15 is 0 Å². The molecule has 0 amide bonds. The summed E-state index contributed by atoms with van der Waals surface area (Å²) in [5.41, 5.74) is 9.19. The highest BCUT2D eigenvalue weighted by molar-refractivity contribution is 5.54. The van der Waals surface area contributed by atoms with Crippen LogP contribution in [-0.4, -0.2) is 17.6 Å². The maximum Gasteiger partial charge on any atom is 0.0447 e. The first-order valence-corrected chi connectivity index (χ1v) is 6.02. The van der Waals surface area contributed by atoms with Gasteiger partial charge in [-0.1, -0.05) is 6.92 Å². The molecule has 0 saturated heterocycles. The van der Waals surface area contributed by atoms with Crippen LogP contribution in [0.15, 0.2) is 12.3 Å². The van der Waals surface area contributed by atoms with Crippen molar-refractivity contribution in [2.24, 2.45) is 5.73 Å². The van der Waals surface area contributed by atoms with Crippen LogP contribution in [0.4, 0.5) is 5.69 Å². The predicted molar refractivity (Wildman–Crippen MR) is 69.6 cm³/mol. The second-order valence-electron chi connectivity index (χ2n) is 4.45. The highest BCUT2D eigenvalue weighted by atomic mass is 15.2. The number of aromatic nitrogens is 1. The minimum atomic E-state index is 0.493. The summed E-state index contributed by atoms with van der Waals surface area (Å²) < 4.78 is 0. The molecule has 1 heterocycles. The normalized spacial score (nSPS) is 10.9. The van der Waals surface area contributed by atoms with Crippen LogP contribution >= 0.6 is 0 Å². The average molecular weight is 221 g/mol. The number of hydrogen-bond donors (Lipinski definition) is 1. The van der Waals surface area contributed by atoms with E-state index in [4.69, 9.17) is 5.73 Å². The van der Waals surface area contributed by atoms with Crippen molar-refractivity contribution in [2.75, 3.05) is 11.4 Å². The first kappa shape index (κ1) is 13.0. The fourth-order valence-electron chi connectivity index (χ4n) is 1.90. The minimum absolute atomic E-state index is 0.493. The van der Waals surface area contributed by atoms with E-state index in [9.17, 15) is 0 Å². The molecule has 1 rings (SSSR count). The lowest BCUT2D eigenvalue weighted by Crippen LogP contribution is -2.32. The number of nitrogens with zero attached hydrogens (tertiary/aromatic N) is 2. The number of pyridine rings is 1. The van der Waals surface area contributed by atoms with Crippen LogP contribution in [0.25, 0.3) is 0 Å². The van der Waals surface area contributed by atoms with Crippen LogP contribution in [0.5, 0.6) is 0 Å². The molecular weight excluding hydrogens is 198 g/mol. The van der Waals surface area contributed by atoms with Gasteiger partial charge in [-0.3, -0.25) is 4.98 Å². The first-order valence-electron chi connectivity index (χ1n) is 6.02. The van der Waals surface area contributed by atoms with Gasteiger partial charge in [0.1, 0.15) is 0 Å². The van der Waals surface area contributed by atoms with Crippen molar-refractivity contribution in [1.29, 1.82) is 0 Å². The number of anilines is 1. The molecule has 0 aliphatic heterocycles. The van der Waals surface area contributed by atoms with Gasteiger partial charge in [0.25, 0.3) is 0 Å². The van der Waals surface area contributed by atoms with Crippen molar-refractivity contribution in [2.45, 2.75) is 46.7 Å².